The van der Waals surface area contributed by atoms with Gasteiger partial charge in [0.05, 0.1) is 10.6 Å². The fraction of sp³-hybridized carbons (Fsp3) is 0.300. The number of amides is 1. The molecule has 3 rings (SSSR count). The molecule has 5 heteroatoms. The summed E-state index contributed by atoms with van der Waals surface area (Å²) in [4.78, 5) is 17.5. The summed E-state index contributed by atoms with van der Waals surface area (Å²) in [6, 6.07) is 8.18. The number of thioether (sulfide) groups is 1. The van der Waals surface area contributed by atoms with E-state index in [0.717, 1.165) is 17.8 Å². The van der Waals surface area contributed by atoms with Gasteiger partial charge in [0.15, 0.2) is 5.17 Å². The highest BCUT2D eigenvalue weighted by Crippen LogP contribution is 2.30. The molecule has 1 fully saturated rings. The van der Waals surface area contributed by atoms with Crippen molar-refractivity contribution in [3.8, 4) is 0 Å². The van der Waals surface area contributed by atoms with Crippen LogP contribution < -0.4 is 5.32 Å². The van der Waals surface area contributed by atoms with Gasteiger partial charge < -0.3 is 9.88 Å². The van der Waals surface area contributed by atoms with Crippen molar-refractivity contribution in [2.24, 2.45) is 4.99 Å². The van der Waals surface area contributed by atoms with Gasteiger partial charge in [-0.05, 0) is 87.3 Å². The molecule has 130 valence electrons. The molecule has 0 atom stereocenters. The number of carbonyl (C=O) groups excluding carboxylic acids is 1. The fourth-order valence-electron chi connectivity index (χ4n) is 2.99. The van der Waals surface area contributed by atoms with Crippen LogP contribution in [0.2, 0.25) is 0 Å². The molecule has 0 saturated carbocycles. The molecule has 1 saturated heterocycles. The Morgan fingerprint density at radius 1 is 1.16 bits per heavy atom. The predicted octanol–water partition coefficient (Wildman–Crippen LogP) is 4.63. The first kappa shape index (κ1) is 17.5. The smallest absolute Gasteiger partial charge is 0.264 e. The van der Waals surface area contributed by atoms with Crippen molar-refractivity contribution >= 4 is 34.6 Å². The van der Waals surface area contributed by atoms with E-state index in [9.17, 15) is 4.79 Å². The van der Waals surface area contributed by atoms with Crippen molar-refractivity contribution in [3.63, 3.8) is 0 Å². The van der Waals surface area contributed by atoms with Crippen LogP contribution in [0.4, 0.5) is 5.69 Å². The summed E-state index contributed by atoms with van der Waals surface area (Å²) in [5, 5.41) is 3.49. The molecule has 0 radical (unpaired) electrons. The van der Waals surface area contributed by atoms with Crippen molar-refractivity contribution in [1.29, 1.82) is 0 Å². The Kier molecular flexibility index (Phi) is 4.86. The Balaban J connectivity index is 1.87. The molecule has 0 unspecified atom stereocenters. The number of benzene rings is 1. The van der Waals surface area contributed by atoms with E-state index < -0.39 is 0 Å². The number of hydrogen-bond donors (Lipinski definition) is 1. The van der Waals surface area contributed by atoms with Gasteiger partial charge in [0.1, 0.15) is 0 Å². The Morgan fingerprint density at radius 2 is 1.92 bits per heavy atom. The molecule has 0 bridgehead atoms. The number of aryl methyl sites for hydroxylation is 3. The average Bonchev–Trinajstić information content (AvgIpc) is 3.03. The second-order valence-electron chi connectivity index (χ2n) is 6.32. The van der Waals surface area contributed by atoms with Gasteiger partial charge in [-0.3, -0.25) is 4.79 Å². The van der Waals surface area contributed by atoms with Gasteiger partial charge in [-0.25, -0.2) is 4.99 Å². The number of rotatable bonds is 3. The number of nitrogens with one attached hydrogen (secondary N) is 1. The van der Waals surface area contributed by atoms with Gasteiger partial charge >= 0.3 is 0 Å². The first-order chi connectivity index (χ1) is 11.9. The molecule has 25 heavy (non-hydrogen) atoms. The third-order valence-electron chi connectivity index (χ3n) is 4.59. The molecule has 1 aromatic heterocycles. The van der Waals surface area contributed by atoms with Crippen molar-refractivity contribution in [2.75, 3.05) is 0 Å². The Bertz CT molecular complexity index is 906. The van der Waals surface area contributed by atoms with E-state index >= 15 is 0 Å². The second kappa shape index (κ2) is 6.92. The minimum atomic E-state index is -0.0890. The van der Waals surface area contributed by atoms with Crippen LogP contribution in [-0.4, -0.2) is 15.6 Å². The van der Waals surface area contributed by atoms with Crippen molar-refractivity contribution in [2.45, 2.75) is 41.2 Å². The largest absolute Gasteiger partial charge is 0.349 e. The number of carbonyl (C=O) groups is 1. The molecule has 2 aromatic rings. The van der Waals surface area contributed by atoms with Crippen LogP contribution in [0.15, 0.2) is 34.2 Å². The number of nitrogens with zero attached hydrogens (tertiary/aromatic N) is 2. The monoisotopic (exact) mass is 353 g/mol. The van der Waals surface area contributed by atoms with E-state index in [1.807, 2.05) is 24.3 Å². The molecule has 1 aromatic carbocycles. The topological polar surface area (TPSA) is 46.4 Å². The SMILES string of the molecule is CCn1c(C)cc(/C=C2\SC(=Nc3ccc(C)c(C)c3)NC2=O)c1C. The molecule has 0 spiro atoms. The standard InChI is InChI=1S/C20H23N3OS/c1-6-23-14(4)10-16(15(23)5)11-18-19(24)22-20(25-18)21-17-8-7-12(2)13(3)9-17/h7-11H,6H2,1-5H3,(H,21,22,24)/b18-11-. The number of aromatic nitrogens is 1. The van der Waals surface area contributed by atoms with E-state index in [2.05, 4.69) is 55.6 Å². The quantitative estimate of drug-likeness (QED) is 0.818. The predicted molar refractivity (Wildman–Crippen MR) is 106 cm³/mol. The maximum atomic E-state index is 12.3. The third kappa shape index (κ3) is 3.56. The molecule has 4 nitrogen and oxygen atoms in total. The van der Waals surface area contributed by atoms with E-state index in [0.29, 0.717) is 10.1 Å². The van der Waals surface area contributed by atoms with Gasteiger partial charge in [0.25, 0.3) is 5.91 Å². The highest BCUT2D eigenvalue weighted by molar-refractivity contribution is 8.18. The van der Waals surface area contributed by atoms with Crippen LogP contribution in [0.5, 0.6) is 0 Å². The van der Waals surface area contributed by atoms with Gasteiger partial charge in [0.2, 0.25) is 0 Å². The zero-order valence-electron chi connectivity index (χ0n) is 15.3. The minimum Gasteiger partial charge on any atom is -0.349 e. The molecule has 1 aliphatic rings. The van der Waals surface area contributed by atoms with Crippen molar-refractivity contribution < 1.29 is 4.79 Å². The summed E-state index contributed by atoms with van der Waals surface area (Å²) in [5.74, 6) is -0.0890. The van der Waals surface area contributed by atoms with Crippen molar-refractivity contribution in [3.05, 3.63) is 57.2 Å². The van der Waals surface area contributed by atoms with E-state index in [4.69, 9.17) is 0 Å². The van der Waals surface area contributed by atoms with Gasteiger partial charge in [-0.1, -0.05) is 6.07 Å². The van der Waals surface area contributed by atoms with Crippen LogP contribution in [0.1, 0.15) is 35.0 Å². The van der Waals surface area contributed by atoms with Crippen LogP contribution in [0.25, 0.3) is 6.08 Å². The maximum absolute atomic E-state index is 12.3. The molecule has 2 heterocycles. The van der Waals surface area contributed by atoms with Gasteiger partial charge in [-0.15, -0.1) is 0 Å². The van der Waals surface area contributed by atoms with Crippen molar-refractivity contribution in [1.82, 2.24) is 9.88 Å². The fourth-order valence-corrected chi connectivity index (χ4v) is 3.83. The van der Waals surface area contributed by atoms with E-state index in [1.165, 1.54) is 34.3 Å². The number of amidine groups is 1. The molecule has 0 aliphatic carbocycles. The summed E-state index contributed by atoms with van der Waals surface area (Å²) >= 11 is 1.39. The Labute approximate surface area is 153 Å². The lowest BCUT2D eigenvalue weighted by Crippen LogP contribution is -2.19. The zero-order valence-corrected chi connectivity index (χ0v) is 16.1. The zero-order chi connectivity index (χ0) is 18.1. The van der Waals surface area contributed by atoms with Crippen LogP contribution >= 0.6 is 11.8 Å². The molecular formula is C20H23N3OS. The summed E-state index contributed by atoms with van der Waals surface area (Å²) in [6.45, 7) is 11.4. The lowest BCUT2D eigenvalue weighted by atomic mass is 10.1. The Morgan fingerprint density at radius 3 is 2.56 bits per heavy atom. The van der Waals surface area contributed by atoms with E-state index in [-0.39, 0.29) is 5.91 Å². The normalized spacial score (nSPS) is 17.6. The highest BCUT2D eigenvalue weighted by Gasteiger charge is 2.24. The highest BCUT2D eigenvalue weighted by atomic mass is 32.2. The van der Waals surface area contributed by atoms with Gasteiger partial charge in [0, 0.05) is 17.9 Å². The van der Waals surface area contributed by atoms with Gasteiger partial charge in [-0.2, -0.15) is 0 Å². The average molecular weight is 353 g/mol. The van der Waals surface area contributed by atoms with E-state index in [1.54, 1.807) is 0 Å². The molecular weight excluding hydrogens is 330 g/mol. The second-order valence-corrected chi connectivity index (χ2v) is 7.35. The van der Waals surface area contributed by atoms with Crippen LogP contribution in [-0.2, 0) is 11.3 Å². The molecule has 1 aliphatic heterocycles. The lowest BCUT2D eigenvalue weighted by molar-refractivity contribution is -0.115. The summed E-state index contributed by atoms with van der Waals surface area (Å²) in [5.41, 5.74) is 6.76. The summed E-state index contributed by atoms with van der Waals surface area (Å²) < 4.78 is 2.24. The first-order valence-electron chi connectivity index (χ1n) is 8.42. The minimum absolute atomic E-state index is 0.0890. The molecule has 1 amide bonds. The van der Waals surface area contributed by atoms with Crippen LogP contribution in [0, 0.1) is 27.7 Å². The number of hydrogen-bond acceptors (Lipinski definition) is 3. The Hall–Kier alpha value is -2.27. The molecule has 1 N–H and O–H groups in total. The number of aliphatic imine (C=N–C) groups is 1. The summed E-state index contributed by atoms with van der Waals surface area (Å²) in [6.07, 6.45) is 1.96. The third-order valence-corrected chi connectivity index (χ3v) is 5.50. The maximum Gasteiger partial charge on any atom is 0.264 e. The lowest BCUT2D eigenvalue weighted by Gasteiger charge is -2.04. The first-order valence-corrected chi connectivity index (χ1v) is 9.24. The van der Waals surface area contributed by atoms with Crippen LogP contribution in [0.3, 0.4) is 0 Å². The summed E-state index contributed by atoms with van der Waals surface area (Å²) in [7, 11) is 0.